The summed E-state index contributed by atoms with van der Waals surface area (Å²) in [7, 11) is 0. The van der Waals surface area contributed by atoms with Crippen LogP contribution in [0, 0.1) is 5.92 Å². The van der Waals surface area contributed by atoms with Gasteiger partial charge in [0.05, 0.1) is 0 Å². The van der Waals surface area contributed by atoms with Crippen molar-refractivity contribution in [1.29, 1.82) is 0 Å². The number of thioether (sulfide) groups is 1. The van der Waals surface area contributed by atoms with Gasteiger partial charge >= 0.3 is 0 Å². The first-order valence-electron chi connectivity index (χ1n) is 4.27. The maximum atomic E-state index is 2.35. The van der Waals surface area contributed by atoms with Crippen molar-refractivity contribution in [2.75, 3.05) is 6.26 Å². The minimum Gasteiger partial charge on any atom is -0.138 e. The van der Waals surface area contributed by atoms with Gasteiger partial charge in [0, 0.05) is 0 Å². The van der Waals surface area contributed by atoms with Crippen molar-refractivity contribution in [2.45, 2.75) is 26.2 Å². The van der Waals surface area contributed by atoms with Gasteiger partial charge in [-0.2, -0.15) is 0 Å². The van der Waals surface area contributed by atoms with Crippen LogP contribution >= 0.6 is 11.8 Å². The number of hydrogen-bond donors (Lipinski definition) is 0. The van der Waals surface area contributed by atoms with Gasteiger partial charge in [0.1, 0.15) is 0 Å². The van der Waals surface area contributed by atoms with Gasteiger partial charge in [-0.15, -0.1) is 11.8 Å². The lowest BCUT2D eigenvalue weighted by molar-refractivity contribution is 0.663. The monoisotopic (exact) mass is 168 g/mol. The summed E-state index contributed by atoms with van der Waals surface area (Å²) in [5.74, 6) is 0.733. The predicted molar refractivity (Wildman–Crippen MR) is 53.8 cm³/mol. The third kappa shape index (κ3) is 2.41. The van der Waals surface area contributed by atoms with Crippen molar-refractivity contribution in [2.24, 2.45) is 5.92 Å². The maximum Gasteiger partial charge on any atom is -0.00176 e. The van der Waals surface area contributed by atoms with Crippen LogP contribution in [0.5, 0.6) is 0 Å². The molecule has 0 saturated heterocycles. The lowest BCUT2D eigenvalue weighted by atomic mass is 9.89. The predicted octanol–water partition coefficient (Wildman–Crippen LogP) is 3.61. The molecule has 0 amide bonds. The molecule has 0 spiro atoms. The van der Waals surface area contributed by atoms with Crippen LogP contribution in [0.25, 0.3) is 0 Å². The van der Waals surface area contributed by atoms with Gasteiger partial charge in [0.25, 0.3) is 0 Å². The molecule has 0 fully saturated rings. The quantitative estimate of drug-likeness (QED) is 0.568. The summed E-state index contributed by atoms with van der Waals surface area (Å²) in [5.41, 5.74) is 1.63. The van der Waals surface area contributed by atoms with Gasteiger partial charge in [-0.25, -0.2) is 0 Å². The minimum absolute atomic E-state index is 0.733. The van der Waals surface area contributed by atoms with Crippen molar-refractivity contribution in [3.8, 4) is 0 Å². The van der Waals surface area contributed by atoms with E-state index in [1.165, 1.54) is 19.3 Å². The zero-order valence-electron chi connectivity index (χ0n) is 7.34. The van der Waals surface area contributed by atoms with Gasteiger partial charge < -0.3 is 0 Å². The number of allylic oxidation sites excluding steroid dienone is 3. The van der Waals surface area contributed by atoms with E-state index < -0.39 is 0 Å². The van der Waals surface area contributed by atoms with E-state index in [-0.39, 0.29) is 0 Å². The van der Waals surface area contributed by atoms with E-state index in [2.05, 4.69) is 30.7 Å². The Hall–Kier alpha value is -0.170. The molecule has 1 heteroatoms. The van der Waals surface area contributed by atoms with Gasteiger partial charge in [-0.3, -0.25) is 0 Å². The van der Waals surface area contributed by atoms with Crippen molar-refractivity contribution in [1.82, 2.24) is 0 Å². The lowest BCUT2D eigenvalue weighted by Gasteiger charge is -2.18. The first-order chi connectivity index (χ1) is 5.38. The Morgan fingerprint density at radius 3 is 3.18 bits per heavy atom. The Morgan fingerprint density at radius 2 is 2.55 bits per heavy atom. The van der Waals surface area contributed by atoms with Crippen molar-refractivity contribution in [3.05, 3.63) is 23.1 Å². The van der Waals surface area contributed by atoms with E-state index in [1.807, 2.05) is 11.8 Å². The van der Waals surface area contributed by atoms with Crippen molar-refractivity contribution >= 4 is 11.8 Å². The van der Waals surface area contributed by atoms with Crippen LogP contribution in [0.2, 0.25) is 0 Å². The molecule has 0 radical (unpaired) electrons. The van der Waals surface area contributed by atoms with E-state index in [0.717, 1.165) is 5.92 Å². The molecule has 0 aromatic rings. The minimum atomic E-state index is 0.733. The molecular formula is C10H16S. The molecule has 0 N–H and O–H groups in total. The van der Waals surface area contributed by atoms with Crippen LogP contribution in [0.1, 0.15) is 26.2 Å². The van der Waals surface area contributed by atoms with E-state index in [1.54, 1.807) is 5.57 Å². The molecule has 1 aliphatic carbocycles. The lowest BCUT2D eigenvalue weighted by Crippen LogP contribution is -2.02. The summed E-state index contributed by atoms with van der Waals surface area (Å²) >= 11 is 1.83. The highest BCUT2D eigenvalue weighted by Crippen LogP contribution is 2.27. The molecule has 0 saturated carbocycles. The molecule has 0 aliphatic heterocycles. The normalized spacial score (nSPS) is 27.8. The Balaban J connectivity index is 2.63. The smallest absolute Gasteiger partial charge is 0.00176 e. The van der Waals surface area contributed by atoms with E-state index in [4.69, 9.17) is 0 Å². The second kappa shape index (κ2) is 4.66. The Kier molecular flexibility index (Phi) is 3.78. The Labute approximate surface area is 73.8 Å². The summed E-state index contributed by atoms with van der Waals surface area (Å²) < 4.78 is 0. The maximum absolute atomic E-state index is 2.35. The molecule has 1 atom stereocenters. The molecule has 0 aromatic heterocycles. The average Bonchev–Trinajstić information content (AvgIpc) is 2.06. The zero-order chi connectivity index (χ0) is 8.10. The van der Waals surface area contributed by atoms with Crippen LogP contribution < -0.4 is 0 Å². The fourth-order valence-corrected chi connectivity index (χ4v) is 2.11. The Bertz CT molecular complexity index is 168. The number of rotatable bonds is 2. The first kappa shape index (κ1) is 8.92. The van der Waals surface area contributed by atoms with E-state index >= 15 is 0 Å². The Morgan fingerprint density at radius 1 is 1.73 bits per heavy atom. The summed E-state index contributed by atoms with van der Waals surface area (Å²) in [6.45, 7) is 2.26. The summed E-state index contributed by atoms with van der Waals surface area (Å²) in [4.78, 5) is 0. The molecular weight excluding hydrogens is 152 g/mol. The molecule has 0 bridgehead atoms. The van der Waals surface area contributed by atoms with Crippen LogP contribution in [-0.4, -0.2) is 6.26 Å². The summed E-state index contributed by atoms with van der Waals surface area (Å²) in [6, 6.07) is 0. The largest absolute Gasteiger partial charge is 0.138 e. The highest BCUT2D eigenvalue weighted by Gasteiger charge is 2.11. The van der Waals surface area contributed by atoms with Gasteiger partial charge in [-0.1, -0.05) is 24.6 Å². The molecule has 62 valence electrons. The van der Waals surface area contributed by atoms with Crippen LogP contribution in [-0.2, 0) is 0 Å². The van der Waals surface area contributed by atoms with Gasteiger partial charge in [0.2, 0.25) is 0 Å². The molecule has 1 unspecified atom stereocenters. The van der Waals surface area contributed by atoms with Gasteiger partial charge in [0.15, 0.2) is 0 Å². The molecule has 0 aromatic carbocycles. The third-order valence-electron chi connectivity index (χ3n) is 2.15. The average molecular weight is 168 g/mol. The third-order valence-corrected chi connectivity index (χ3v) is 2.69. The van der Waals surface area contributed by atoms with Crippen molar-refractivity contribution < 1.29 is 0 Å². The molecule has 1 aliphatic rings. The molecule has 1 rings (SSSR count). The van der Waals surface area contributed by atoms with E-state index in [9.17, 15) is 0 Å². The summed E-state index contributed by atoms with van der Waals surface area (Å²) in [6.07, 6.45) is 10.6. The van der Waals surface area contributed by atoms with Crippen molar-refractivity contribution in [3.63, 3.8) is 0 Å². The zero-order valence-corrected chi connectivity index (χ0v) is 8.16. The topological polar surface area (TPSA) is 0 Å². The summed E-state index contributed by atoms with van der Waals surface area (Å²) in [5, 5.41) is 2.32. The second-order valence-electron chi connectivity index (χ2n) is 2.91. The van der Waals surface area contributed by atoms with Crippen LogP contribution in [0.3, 0.4) is 0 Å². The van der Waals surface area contributed by atoms with Crippen LogP contribution in [0.15, 0.2) is 23.1 Å². The fourth-order valence-electron chi connectivity index (χ4n) is 1.52. The highest BCUT2D eigenvalue weighted by molar-refractivity contribution is 8.01. The highest BCUT2D eigenvalue weighted by atomic mass is 32.2. The second-order valence-corrected chi connectivity index (χ2v) is 3.62. The standard InChI is InChI=1S/C10H16S/c1-3-9-6-4-5-7-10(9)8-11-2/h4,6,8-9H,3,5,7H2,1-2H3/b10-8+. The van der Waals surface area contributed by atoms with Crippen LogP contribution in [0.4, 0.5) is 0 Å². The van der Waals surface area contributed by atoms with E-state index in [0.29, 0.717) is 0 Å². The number of hydrogen-bond acceptors (Lipinski definition) is 1. The van der Waals surface area contributed by atoms with Gasteiger partial charge in [-0.05, 0) is 36.8 Å². The molecule has 11 heavy (non-hydrogen) atoms. The molecule has 0 heterocycles. The first-order valence-corrected chi connectivity index (χ1v) is 5.55. The molecule has 0 nitrogen and oxygen atoms in total. The SMILES string of the molecule is CCC1C=CCC/C1=C\SC. The fraction of sp³-hybridized carbons (Fsp3) is 0.600.